The molecule has 2 aliphatic rings. The zero-order valence-corrected chi connectivity index (χ0v) is 12.5. The average Bonchev–Trinajstić information content (AvgIpc) is 2.37. The summed E-state index contributed by atoms with van der Waals surface area (Å²) in [5.74, 6) is 0.396. The smallest absolute Gasteiger partial charge is 0.413 e. The lowest BCUT2D eigenvalue weighted by molar-refractivity contribution is 0.0102. The number of carbonyl (C=O) groups excluding carboxylic acids is 1. The van der Waals surface area contributed by atoms with Crippen LogP contribution in [-0.2, 0) is 9.47 Å². The third-order valence-electron chi connectivity index (χ3n) is 3.52. The molecule has 2 saturated heterocycles. The molecule has 1 aromatic rings. The van der Waals surface area contributed by atoms with E-state index in [-0.39, 0.29) is 0 Å². The summed E-state index contributed by atoms with van der Waals surface area (Å²) in [6, 6.07) is 2.63. The third kappa shape index (κ3) is 3.07. The second kappa shape index (κ2) is 5.14. The molecule has 2 aliphatic heterocycles. The SMILES string of the molecule is CC(C)(C)OC(=O)Nc1cc(N2C3COCC2C3)cnn1. The molecule has 2 fully saturated rings. The van der Waals surface area contributed by atoms with Crippen molar-refractivity contribution >= 4 is 17.6 Å². The van der Waals surface area contributed by atoms with Crippen LogP contribution in [0.4, 0.5) is 16.3 Å². The van der Waals surface area contributed by atoms with Crippen LogP contribution < -0.4 is 10.2 Å². The van der Waals surface area contributed by atoms with Gasteiger partial charge in [-0.1, -0.05) is 0 Å². The standard InChI is InChI=1S/C14H20N4O3/c1-14(2,3)21-13(19)16-12-5-9(6-15-17-12)18-10-4-11(18)8-20-7-10/h5-6,10-11H,4,7-8H2,1-3H3,(H,16,17,19). The topological polar surface area (TPSA) is 76.6 Å². The molecule has 0 radical (unpaired) electrons. The summed E-state index contributed by atoms with van der Waals surface area (Å²) in [7, 11) is 0. The first-order valence-corrected chi connectivity index (χ1v) is 7.11. The van der Waals surface area contributed by atoms with E-state index in [1.807, 2.05) is 26.8 Å². The van der Waals surface area contributed by atoms with Gasteiger partial charge in [-0.25, -0.2) is 4.79 Å². The molecule has 3 heterocycles. The number of hydrogen-bond donors (Lipinski definition) is 1. The van der Waals surface area contributed by atoms with Crippen molar-refractivity contribution in [1.29, 1.82) is 0 Å². The highest BCUT2D eigenvalue weighted by Crippen LogP contribution is 2.36. The molecule has 1 amide bonds. The predicted molar refractivity (Wildman–Crippen MR) is 77.4 cm³/mol. The second-order valence-electron chi connectivity index (χ2n) is 6.41. The number of nitrogens with one attached hydrogen (secondary N) is 1. The second-order valence-corrected chi connectivity index (χ2v) is 6.41. The fourth-order valence-corrected chi connectivity index (χ4v) is 2.73. The van der Waals surface area contributed by atoms with Crippen molar-refractivity contribution in [3.63, 3.8) is 0 Å². The summed E-state index contributed by atoms with van der Waals surface area (Å²) < 4.78 is 10.7. The van der Waals surface area contributed by atoms with E-state index in [2.05, 4.69) is 20.4 Å². The van der Waals surface area contributed by atoms with Gasteiger partial charge in [-0.05, 0) is 27.2 Å². The van der Waals surface area contributed by atoms with E-state index in [1.54, 1.807) is 6.20 Å². The Bertz CT molecular complexity index is 529. The first-order valence-electron chi connectivity index (χ1n) is 7.11. The number of anilines is 2. The van der Waals surface area contributed by atoms with Crippen LogP contribution in [0.5, 0.6) is 0 Å². The van der Waals surface area contributed by atoms with Crippen molar-refractivity contribution < 1.29 is 14.3 Å². The Balaban J connectivity index is 1.68. The lowest BCUT2D eigenvalue weighted by atomic mass is 9.91. The van der Waals surface area contributed by atoms with Gasteiger partial charge in [-0.3, -0.25) is 5.32 Å². The van der Waals surface area contributed by atoms with E-state index in [1.165, 1.54) is 0 Å². The Hall–Kier alpha value is -1.89. The lowest BCUT2D eigenvalue weighted by Crippen LogP contribution is -2.64. The van der Waals surface area contributed by atoms with Crippen LogP contribution in [0.2, 0.25) is 0 Å². The molecule has 1 N–H and O–H groups in total. The van der Waals surface area contributed by atoms with E-state index in [0.29, 0.717) is 17.9 Å². The minimum absolute atomic E-state index is 0.396. The molecule has 0 spiro atoms. The molecular weight excluding hydrogens is 272 g/mol. The van der Waals surface area contributed by atoms with Crippen molar-refractivity contribution in [3.8, 4) is 0 Å². The molecule has 7 nitrogen and oxygen atoms in total. The molecule has 7 heteroatoms. The number of hydrogen-bond acceptors (Lipinski definition) is 6. The van der Waals surface area contributed by atoms with Gasteiger partial charge < -0.3 is 14.4 Å². The molecule has 0 saturated carbocycles. The third-order valence-corrected chi connectivity index (χ3v) is 3.52. The summed E-state index contributed by atoms with van der Waals surface area (Å²) in [6.45, 7) is 6.93. The first kappa shape index (κ1) is 14.1. The van der Waals surface area contributed by atoms with Gasteiger partial charge in [0.05, 0.1) is 37.2 Å². The highest BCUT2D eigenvalue weighted by atomic mass is 16.6. The fraction of sp³-hybridized carbons (Fsp3) is 0.643. The predicted octanol–water partition coefficient (Wildman–Crippen LogP) is 1.80. The molecular formula is C14H20N4O3. The van der Waals surface area contributed by atoms with E-state index >= 15 is 0 Å². The van der Waals surface area contributed by atoms with Crippen molar-refractivity contribution in [1.82, 2.24) is 10.2 Å². The summed E-state index contributed by atoms with van der Waals surface area (Å²) in [5.41, 5.74) is 0.418. The van der Waals surface area contributed by atoms with Gasteiger partial charge >= 0.3 is 6.09 Å². The number of nitrogens with zero attached hydrogens (tertiary/aromatic N) is 3. The van der Waals surface area contributed by atoms with E-state index in [0.717, 1.165) is 25.3 Å². The molecule has 21 heavy (non-hydrogen) atoms. The van der Waals surface area contributed by atoms with E-state index in [9.17, 15) is 4.79 Å². The van der Waals surface area contributed by atoms with E-state index < -0.39 is 11.7 Å². The van der Waals surface area contributed by atoms with Crippen LogP contribution in [0.25, 0.3) is 0 Å². The van der Waals surface area contributed by atoms with Gasteiger partial charge in [0.25, 0.3) is 0 Å². The van der Waals surface area contributed by atoms with Gasteiger partial charge in [0, 0.05) is 6.07 Å². The average molecular weight is 292 g/mol. The van der Waals surface area contributed by atoms with Crippen LogP contribution in [0.3, 0.4) is 0 Å². The minimum Gasteiger partial charge on any atom is -0.444 e. The van der Waals surface area contributed by atoms with Crippen LogP contribution in [0.15, 0.2) is 12.3 Å². The summed E-state index contributed by atoms with van der Waals surface area (Å²) in [6.07, 6.45) is 2.34. The number of rotatable bonds is 2. The summed E-state index contributed by atoms with van der Waals surface area (Å²) in [5, 5.41) is 10.5. The quantitative estimate of drug-likeness (QED) is 0.895. The van der Waals surface area contributed by atoms with Crippen LogP contribution in [0, 0.1) is 0 Å². The van der Waals surface area contributed by atoms with Crippen LogP contribution in [0.1, 0.15) is 27.2 Å². The monoisotopic (exact) mass is 292 g/mol. The zero-order valence-electron chi connectivity index (χ0n) is 12.5. The van der Waals surface area contributed by atoms with Gasteiger partial charge in [0.15, 0.2) is 5.82 Å². The molecule has 2 atom stereocenters. The Kier molecular flexibility index (Phi) is 3.44. The molecule has 0 aliphatic carbocycles. The van der Waals surface area contributed by atoms with Gasteiger partial charge in [-0.2, -0.15) is 5.10 Å². The van der Waals surface area contributed by atoms with Crippen molar-refractivity contribution in [3.05, 3.63) is 12.3 Å². The number of morpholine rings is 1. The number of amides is 1. The Labute approximate surface area is 123 Å². The van der Waals surface area contributed by atoms with E-state index in [4.69, 9.17) is 9.47 Å². The van der Waals surface area contributed by atoms with Gasteiger partial charge in [-0.15, -0.1) is 5.10 Å². The molecule has 1 aromatic heterocycles. The maximum atomic E-state index is 11.8. The van der Waals surface area contributed by atoms with Gasteiger partial charge in [0.1, 0.15) is 5.60 Å². The Morgan fingerprint density at radius 2 is 2.14 bits per heavy atom. The van der Waals surface area contributed by atoms with Crippen molar-refractivity contribution in [2.24, 2.45) is 0 Å². The van der Waals surface area contributed by atoms with Crippen LogP contribution in [-0.4, -0.2) is 47.2 Å². The van der Waals surface area contributed by atoms with Crippen molar-refractivity contribution in [2.75, 3.05) is 23.4 Å². The largest absolute Gasteiger partial charge is 0.444 e. The highest BCUT2D eigenvalue weighted by Gasteiger charge is 2.42. The lowest BCUT2D eigenvalue weighted by Gasteiger charge is -2.53. The summed E-state index contributed by atoms with van der Waals surface area (Å²) >= 11 is 0. The zero-order chi connectivity index (χ0) is 15.0. The fourth-order valence-electron chi connectivity index (χ4n) is 2.73. The van der Waals surface area contributed by atoms with Crippen molar-refractivity contribution in [2.45, 2.75) is 44.9 Å². The maximum absolute atomic E-state index is 11.8. The molecule has 3 rings (SSSR count). The first-order chi connectivity index (χ1) is 9.92. The summed E-state index contributed by atoms with van der Waals surface area (Å²) in [4.78, 5) is 14.0. The molecule has 0 aromatic carbocycles. The minimum atomic E-state index is -0.541. The highest BCUT2D eigenvalue weighted by molar-refractivity contribution is 5.84. The van der Waals surface area contributed by atoms with Gasteiger partial charge in [0.2, 0.25) is 0 Å². The number of ether oxygens (including phenoxy) is 2. The molecule has 114 valence electrons. The molecule has 2 unspecified atom stereocenters. The number of carbonyl (C=O) groups is 1. The molecule has 2 bridgehead atoms. The number of aromatic nitrogens is 2. The Morgan fingerprint density at radius 1 is 1.43 bits per heavy atom. The van der Waals surface area contributed by atoms with Crippen LogP contribution >= 0.6 is 0 Å². The maximum Gasteiger partial charge on any atom is 0.413 e. The normalized spacial score (nSPS) is 24.2. The number of fused-ring (bicyclic) bond motifs is 2. The Morgan fingerprint density at radius 3 is 2.76 bits per heavy atom.